The van der Waals surface area contributed by atoms with Crippen molar-refractivity contribution in [3.8, 4) is 17.0 Å². The number of ether oxygens (including phenoxy) is 1. The summed E-state index contributed by atoms with van der Waals surface area (Å²) in [5.74, 6) is 0.763. The maximum Gasteiger partial charge on any atom is 0.267 e. The molecule has 6 nitrogen and oxygen atoms in total. The molecule has 2 heterocycles. The topological polar surface area (TPSA) is 70.2 Å². The Morgan fingerprint density at radius 1 is 1.12 bits per heavy atom. The second-order valence-electron chi connectivity index (χ2n) is 5.74. The monoisotopic (exact) mass is 367 g/mol. The minimum absolute atomic E-state index is 0.211. The van der Waals surface area contributed by atoms with E-state index in [1.165, 1.54) is 10.9 Å². The van der Waals surface area contributed by atoms with E-state index in [1.807, 2.05) is 24.3 Å². The number of fused-ring (bicyclic) bond motifs is 1. The fourth-order valence-electron chi connectivity index (χ4n) is 2.73. The molecule has 0 N–H and O–H groups in total. The molecule has 0 aliphatic rings. The summed E-state index contributed by atoms with van der Waals surface area (Å²) in [7, 11) is 1.61. The first-order valence-corrected chi connectivity index (χ1v) is 8.27. The molecule has 0 bridgehead atoms. The van der Waals surface area contributed by atoms with Gasteiger partial charge in [-0.3, -0.25) is 9.36 Å². The summed E-state index contributed by atoms with van der Waals surface area (Å²) in [4.78, 5) is 17.2. The fraction of sp³-hybridized carbons (Fsp3) is 0.105. The van der Waals surface area contributed by atoms with Crippen LogP contribution in [-0.4, -0.2) is 21.8 Å². The molecule has 130 valence electrons. The number of halogens is 1. The maximum atomic E-state index is 13.0. The average molecular weight is 368 g/mol. The number of nitrogens with zero attached hydrogens (tertiary/aromatic N) is 3. The highest BCUT2D eigenvalue weighted by molar-refractivity contribution is 6.30. The van der Waals surface area contributed by atoms with Gasteiger partial charge in [-0.2, -0.15) is 0 Å². The number of methoxy groups -OCH3 is 1. The lowest BCUT2D eigenvalue weighted by molar-refractivity contribution is 0.414. The molecule has 4 rings (SSSR count). The standard InChI is InChI=1S/C19H14ClN3O3/c1-25-15-8-2-12(3-9-15)10-23-11-21-18-16(19(23)24)17(22-26-18)13-4-6-14(20)7-5-13/h2-9,11H,10H2,1H3. The number of benzene rings is 2. The highest BCUT2D eigenvalue weighted by atomic mass is 35.5. The van der Waals surface area contributed by atoms with Crippen LogP contribution in [0.3, 0.4) is 0 Å². The molecule has 0 saturated heterocycles. The molecule has 0 atom stereocenters. The number of hydrogen-bond donors (Lipinski definition) is 0. The van der Waals surface area contributed by atoms with Crippen LogP contribution < -0.4 is 10.3 Å². The third kappa shape index (κ3) is 2.95. The van der Waals surface area contributed by atoms with Crippen molar-refractivity contribution >= 4 is 22.7 Å². The van der Waals surface area contributed by atoms with E-state index in [2.05, 4.69) is 10.1 Å². The second kappa shape index (κ2) is 6.65. The fourth-order valence-corrected chi connectivity index (χ4v) is 2.85. The Bertz CT molecular complexity index is 1120. The normalized spacial score (nSPS) is 11.0. The first kappa shape index (κ1) is 16.4. The molecule has 7 heteroatoms. The molecule has 2 aromatic carbocycles. The van der Waals surface area contributed by atoms with Crippen LogP contribution in [0.1, 0.15) is 5.56 Å². The van der Waals surface area contributed by atoms with Crippen molar-refractivity contribution in [3.05, 3.63) is 75.8 Å². The van der Waals surface area contributed by atoms with Gasteiger partial charge in [0.25, 0.3) is 11.3 Å². The van der Waals surface area contributed by atoms with Crippen LogP contribution in [0, 0.1) is 0 Å². The Balaban J connectivity index is 1.77. The molecule has 0 amide bonds. The van der Waals surface area contributed by atoms with Crippen molar-refractivity contribution in [2.75, 3.05) is 7.11 Å². The molecule has 0 aliphatic heterocycles. The van der Waals surface area contributed by atoms with E-state index in [4.69, 9.17) is 20.9 Å². The molecule has 0 spiro atoms. The lowest BCUT2D eigenvalue weighted by Gasteiger charge is -2.06. The predicted molar refractivity (Wildman–Crippen MR) is 98.6 cm³/mol. The zero-order valence-electron chi connectivity index (χ0n) is 13.8. The Labute approximate surface area is 153 Å². The van der Waals surface area contributed by atoms with Crippen molar-refractivity contribution in [2.24, 2.45) is 0 Å². The maximum absolute atomic E-state index is 13.0. The molecular weight excluding hydrogens is 354 g/mol. The summed E-state index contributed by atoms with van der Waals surface area (Å²) >= 11 is 5.93. The molecule has 26 heavy (non-hydrogen) atoms. The van der Waals surface area contributed by atoms with Crippen LogP contribution in [0.2, 0.25) is 5.02 Å². The lowest BCUT2D eigenvalue weighted by atomic mass is 10.1. The summed E-state index contributed by atoms with van der Waals surface area (Å²) in [5, 5.41) is 4.97. The van der Waals surface area contributed by atoms with Crippen molar-refractivity contribution in [1.29, 1.82) is 0 Å². The van der Waals surface area contributed by atoms with Gasteiger partial charge in [-0.15, -0.1) is 0 Å². The van der Waals surface area contributed by atoms with Gasteiger partial charge in [0.2, 0.25) is 0 Å². The molecular formula is C19H14ClN3O3. The van der Waals surface area contributed by atoms with E-state index in [1.54, 1.807) is 31.4 Å². The smallest absolute Gasteiger partial charge is 0.267 e. The van der Waals surface area contributed by atoms with E-state index in [-0.39, 0.29) is 11.3 Å². The highest BCUT2D eigenvalue weighted by Crippen LogP contribution is 2.25. The van der Waals surface area contributed by atoms with Gasteiger partial charge in [0, 0.05) is 10.6 Å². The summed E-state index contributed by atoms with van der Waals surface area (Å²) < 4.78 is 11.9. The summed E-state index contributed by atoms with van der Waals surface area (Å²) in [5.41, 5.74) is 2.16. The molecule has 4 aromatic rings. The summed E-state index contributed by atoms with van der Waals surface area (Å²) in [6, 6.07) is 14.6. The Hall–Kier alpha value is -3.12. The first-order chi connectivity index (χ1) is 12.7. The van der Waals surface area contributed by atoms with Gasteiger partial charge in [-0.05, 0) is 29.8 Å². The van der Waals surface area contributed by atoms with Crippen LogP contribution in [0.4, 0.5) is 0 Å². The minimum Gasteiger partial charge on any atom is -0.497 e. The van der Waals surface area contributed by atoms with Crippen molar-refractivity contribution < 1.29 is 9.26 Å². The summed E-state index contributed by atoms with van der Waals surface area (Å²) in [6.45, 7) is 0.386. The minimum atomic E-state index is -0.211. The Kier molecular flexibility index (Phi) is 4.18. The molecule has 0 saturated carbocycles. The average Bonchev–Trinajstić information content (AvgIpc) is 3.10. The second-order valence-corrected chi connectivity index (χ2v) is 6.18. The van der Waals surface area contributed by atoms with Crippen LogP contribution in [-0.2, 0) is 6.54 Å². The van der Waals surface area contributed by atoms with Gasteiger partial charge >= 0.3 is 0 Å². The van der Waals surface area contributed by atoms with E-state index < -0.39 is 0 Å². The van der Waals surface area contributed by atoms with Crippen LogP contribution in [0.25, 0.3) is 22.4 Å². The Morgan fingerprint density at radius 3 is 2.54 bits per heavy atom. The molecule has 0 unspecified atom stereocenters. The van der Waals surface area contributed by atoms with Gasteiger partial charge in [0.1, 0.15) is 23.2 Å². The van der Waals surface area contributed by atoms with Gasteiger partial charge in [-0.25, -0.2) is 4.98 Å². The first-order valence-electron chi connectivity index (χ1n) is 7.89. The number of aromatic nitrogens is 3. The van der Waals surface area contributed by atoms with E-state index in [0.29, 0.717) is 22.6 Å². The number of rotatable bonds is 4. The van der Waals surface area contributed by atoms with Crippen LogP contribution >= 0.6 is 11.6 Å². The van der Waals surface area contributed by atoms with Gasteiger partial charge in [-0.1, -0.05) is 41.0 Å². The lowest BCUT2D eigenvalue weighted by Crippen LogP contribution is -2.21. The number of hydrogen-bond acceptors (Lipinski definition) is 5. The zero-order chi connectivity index (χ0) is 18.1. The zero-order valence-corrected chi connectivity index (χ0v) is 14.6. The van der Waals surface area contributed by atoms with E-state index in [9.17, 15) is 4.79 Å². The quantitative estimate of drug-likeness (QED) is 0.549. The van der Waals surface area contributed by atoms with Gasteiger partial charge in [0.05, 0.1) is 13.7 Å². The van der Waals surface area contributed by atoms with Crippen molar-refractivity contribution in [3.63, 3.8) is 0 Å². The largest absolute Gasteiger partial charge is 0.497 e. The van der Waals surface area contributed by atoms with Crippen molar-refractivity contribution in [1.82, 2.24) is 14.7 Å². The van der Waals surface area contributed by atoms with E-state index >= 15 is 0 Å². The predicted octanol–water partition coefficient (Wildman–Crippen LogP) is 3.76. The third-order valence-corrected chi connectivity index (χ3v) is 4.34. The Morgan fingerprint density at radius 2 is 1.85 bits per heavy atom. The van der Waals surface area contributed by atoms with Crippen LogP contribution in [0.5, 0.6) is 5.75 Å². The SMILES string of the molecule is COc1ccc(Cn2cnc3onc(-c4ccc(Cl)cc4)c3c2=O)cc1. The van der Waals surface area contributed by atoms with Crippen LogP contribution in [0.15, 0.2) is 64.2 Å². The van der Waals surface area contributed by atoms with Gasteiger partial charge in [0.15, 0.2) is 0 Å². The van der Waals surface area contributed by atoms with Crippen molar-refractivity contribution in [2.45, 2.75) is 6.54 Å². The molecule has 0 aliphatic carbocycles. The summed E-state index contributed by atoms with van der Waals surface area (Å²) in [6.07, 6.45) is 1.46. The van der Waals surface area contributed by atoms with Gasteiger partial charge < -0.3 is 9.26 Å². The van der Waals surface area contributed by atoms with E-state index in [0.717, 1.165) is 16.9 Å². The third-order valence-electron chi connectivity index (χ3n) is 4.09. The molecule has 0 fully saturated rings. The highest BCUT2D eigenvalue weighted by Gasteiger charge is 2.17. The molecule has 0 radical (unpaired) electrons. The molecule has 2 aromatic heterocycles.